The van der Waals surface area contributed by atoms with Gasteiger partial charge < -0.3 is 0 Å². The Hall–Kier alpha value is -2.47. The third-order valence-electron chi connectivity index (χ3n) is 8.22. The van der Waals surface area contributed by atoms with E-state index < -0.39 is 15.3 Å². The normalized spacial score (nSPS) is 12.2. The molecule has 5 aromatic carbocycles. The zero-order valence-corrected chi connectivity index (χ0v) is 25.5. The molecule has 0 unspecified atom stereocenters. The first kappa shape index (κ1) is 28.5. The van der Waals surface area contributed by atoms with Gasteiger partial charge in [-0.1, -0.05) is 0 Å². The molecule has 0 aliphatic heterocycles. The molecule has 0 saturated heterocycles. The summed E-state index contributed by atoms with van der Waals surface area (Å²) in [6.07, 6.45) is 1.07. The van der Waals surface area contributed by atoms with Crippen molar-refractivity contribution in [3.05, 3.63) is 173 Å². The maximum Gasteiger partial charge on any atom is 0 e. The summed E-state index contributed by atoms with van der Waals surface area (Å²) in [6, 6.07) is 54.9. The van der Waals surface area contributed by atoms with Crippen LogP contribution in [0.2, 0.25) is 0 Å². The molecular weight excluding hydrogens is 528 g/mol. The fourth-order valence-corrected chi connectivity index (χ4v) is 18.9. The Balaban J connectivity index is 0.00000336. The van der Waals surface area contributed by atoms with Gasteiger partial charge in [0, 0.05) is 21.7 Å². The van der Waals surface area contributed by atoms with E-state index in [0.717, 1.165) is 25.3 Å². The molecule has 0 saturated carbocycles. The molecule has 0 aromatic heterocycles. The number of aryl methyl sites for hydroxylation is 1. The fourth-order valence-electron chi connectivity index (χ4n) is 6.52. The zero-order valence-electron chi connectivity index (χ0n) is 22.4. The topological polar surface area (TPSA) is 0 Å². The molecule has 0 amide bonds. The molecule has 0 nitrogen and oxygen atoms in total. The SMILES string of the molecule is CCc1cc[c]([Ti]([CH2]c2ccccc2)([CH2]c2ccccc2)([CH2]c2ccccc2)[CH2]c2ccccc2)cc1.[Ti]. The number of hydrogen-bond acceptors (Lipinski definition) is 0. The average molecular weight is 565 g/mol. The van der Waals surface area contributed by atoms with Crippen molar-refractivity contribution in [2.75, 3.05) is 0 Å². The minimum absolute atomic E-state index is 0. The Morgan fingerprint density at radius 1 is 0.368 bits per heavy atom. The van der Waals surface area contributed by atoms with Crippen molar-refractivity contribution in [2.45, 2.75) is 32.2 Å². The molecule has 0 aliphatic carbocycles. The van der Waals surface area contributed by atoms with Gasteiger partial charge in [0.2, 0.25) is 0 Å². The van der Waals surface area contributed by atoms with Crippen molar-refractivity contribution in [1.29, 1.82) is 0 Å². The maximum atomic E-state index is 2.51. The molecule has 0 atom stereocenters. The maximum absolute atomic E-state index is 3.74. The van der Waals surface area contributed by atoms with Crippen molar-refractivity contribution in [2.24, 2.45) is 0 Å². The van der Waals surface area contributed by atoms with E-state index in [0.29, 0.717) is 0 Å². The van der Waals surface area contributed by atoms with Crippen molar-refractivity contribution < 1.29 is 37.0 Å². The van der Waals surface area contributed by atoms with Crippen molar-refractivity contribution >= 4 is 3.87 Å². The van der Waals surface area contributed by atoms with Crippen LogP contribution in [-0.4, -0.2) is 0 Å². The Kier molecular flexibility index (Phi) is 9.80. The van der Waals surface area contributed by atoms with Crippen molar-refractivity contribution in [3.8, 4) is 0 Å². The van der Waals surface area contributed by atoms with E-state index in [4.69, 9.17) is 0 Å². The van der Waals surface area contributed by atoms with E-state index in [1.165, 1.54) is 27.8 Å². The monoisotopic (exact) mass is 565 g/mol. The van der Waals surface area contributed by atoms with Gasteiger partial charge in [0.1, 0.15) is 0 Å². The van der Waals surface area contributed by atoms with Crippen LogP contribution < -0.4 is 3.87 Å². The van der Waals surface area contributed by atoms with Crippen molar-refractivity contribution in [3.63, 3.8) is 0 Å². The summed E-state index contributed by atoms with van der Waals surface area (Å²) in [7, 11) is 0. The number of benzene rings is 5. The van der Waals surface area contributed by atoms with Crippen molar-refractivity contribution in [1.82, 2.24) is 0 Å². The Morgan fingerprint density at radius 2 is 0.658 bits per heavy atom. The molecule has 0 radical (unpaired) electrons. The van der Waals surface area contributed by atoms with Gasteiger partial charge >= 0.3 is 225 Å². The van der Waals surface area contributed by atoms with Gasteiger partial charge in [-0.25, -0.2) is 0 Å². The molecule has 0 N–H and O–H groups in total. The van der Waals surface area contributed by atoms with Gasteiger partial charge in [0.15, 0.2) is 0 Å². The molecule has 0 bridgehead atoms. The molecule has 0 heterocycles. The van der Waals surface area contributed by atoms with Crippen LogP contribution in [-0.2, 0) is 62.3 Å². The van der Waals surface area contributed by atoms with Gasteiger partial charge in [0.25, 0.3) is 0 Å². The number of hydrogen-bond donors (Lipinski definition) is 0. The number of rotatable bonds is 10. The average Bonchev–Trinajstić information content (AvgIpc) is 2.95. The molecule has 189 valence electrons. The van der Waals surface area contributed by atoms with Crippen LogP contribution in [0.3, 0.4) is 0 Å². The minimum Gasteiger partial charge on any atom is 0 e. The molecule has 38 heavy (non-hydrogen) atoms. The summed E-state index contributed by atoms with van der Waals surface area (Å²) in [4.78, 5) is 0. The summed E-state index contributed by atoms with van der Waals surface area (Å²) in [5.74, 6) is 0. The zero-order chi connectivity index (χ0) is 25.4. The third kappa shape index (κ3) is 6.56. The van der Waals surface area contributed by atoms with E-state index in [-0.39, 0.29) is 21.7 Å². The van der Waals surface area contributed by atoms with E-state index in [2.05, 4.69) is 153 Å². The van der Waals surface area contributed by atoms with Crippen LogP contribution in [0, 0.1) is 0 Å². The Morgan fingerprint density at radius 3 is 0.921 bits per heavy atom. The van der Waals surface area contributed by atoms with Gasteiger partial charge in [0.05, 0.1) is 0 Å². The van der Waals surface area contributed by atoms with Gasteiger partial charge in [-0.3, -0.25) is 0 Å². The summed E-state index contributed by atoms with van der Waals surface area (Å²) >= 11 is -3.74. The van der Waals surface area contributed by atoms with Crippen LogP contribution in [0.5, 0.6) is 0 Å². The van der Waals surface area contributed by atoms with Gasteiger partial charge in [-0.15, -0.1) is 0 Å². The summed E-state index contributed by atoms with van der Waals surface area (Å²) in [6.45, 7) is 2.25. The molecule has 2 heteroatoms. The summed E-state index contributed by atoms with van der Waals surface area (Å²) in [5.41, 5.74) is 7.25. The van der Waals surface area contributed by atoms with E-state index in [1.807, 2.05) is 0 Å². The summed E-state index contributed by atoms with van der Waals surface area (Å²) in [5, 5.41) is 0. The first-order valence-corrected chi connectivity index (χ1v) is 18.8. The van der Waals surface area contributed by atoms with E-state index >= 15 is 0 Å². The van der Waals surface area contributed by atoms with Gasteiger partial charge in [-0.05, 0) is 0 Å². The second-order valence-corrected chi connectivity index (χ2v) is 20.9. The predicted molar refractivity (Wildman–Crippen MR) is 156 cm³/mol. The van der Waals surface area contributed by atoms with Crippen LogP contribution in [0.4, 0.5) is 0 Å². The third-order valence-corrected chi connectivity index (χ3v) is 19.6. The fraction of sp³-hybridized carbons (Fsp3) is 0.167. The quantitative estimate of drug-likeness (QED) is 0.149. The molecule has 0 spiro atoms. The first-order valence-electron chi connectivity index (χ1n) is 13.6. The van der Waals surface area contributed by atoms with Crippen LogP contribution in [0.25, 0.3) is 0 Å². The largest absolute Gasteiger partial charge is 0 e. The first-order chi connectivity index (χ1) is 18.2. The van der Waals surface area contributed by atoms with Crippen LogP contribution in [0.1, 0.15) is 34.7 Å². The molecule has 0 fully saturated rings. The van der Waals surface area contributed by atoms with Crippen LogP contribution >= 0.6 is 0 Å². The smallest absolute Gasteiger partial charge is 0 e. The second kappa shape index (κ2) is 13.1. The molecular formula is C36H37Ti2. The summed E-state index contributed by atoms with van der Waals surface area (Å²) < 4.78 is 6.17. The second-order valence-electron chi connectivity index (χ2n) is 10.9. The Bertz CT molecular complexity index is 1200. The van der Waals surface area contributed by atoms with Gasteiger partial charge in [-0.2, -0.15) is 0 Å². The minimum atomic E-state index is -3.74. The van der Waals surface area contributed by atoms with Crippen LogP contribution in [0.15, 0.2) is 146 Å². The predicted octanol–water partition coefficient (Wildman–Crippen LogP) is 8.36. The molecule has 5 aromatic rings. The molecule has 5 rings (SSSR count). The Labute approximate surface area is 244 Å². The van der Waals surface area contributed by atoms with E-state index in [1.54, 1.807) is 3.87 Å². The standard InChI is InChI=1S/C8H9.4C7H7.2Ti/c1-2-8-6-4-3-5-7-8;4*1-7-5-3-2-4-6-7;;/h4-7H,2H2,1H3;4*2-6H,1H2;;. The van der Waals surface area contributed by atoms with E-state index in [9.17, 15) is 0 Å². The molecule has 0 aliphatic rings.